The van der Waals surface area contributed by atoms with Crippen LogP contribution in [0.25, 0.3) is 72.2 Å². The smallest absolute Gasteiger partial charge is 0.137 e. The highest BCUT2D eigenvalue weighted by Crippen LogP contribution is 2.61. The van der Waals surface area contributed by atoms with E-state index in [1.165, 1.54) is 133 Å². The highest BCUT2D eigenvalue weighted by atomic mass is 16.3. The summed E-state index contributed by atoms with van der Waals surface area (Å²) in [5.41, 5.74) is 31.3. The van der Waals surface area contributed by atoms with Crippen molar-refractivity contribution in [2.24, 2.45) is 5.92 Å². The maximum Gasteiger partial charge on any atom is 0.137 e. The Labute approximate surface area is 385 Å². The van der Waals surface area contributed by atoms with Crippen LogP contribution in [0.2, 0.25) is 0 Å². The van der Waals surface area contributed by atoms with Crippen molar-refractivity contribution in [3.05, 3.63) is 193 Å². The second-order valence-corrected chi connectivity index (χ2v) is 22.6. The molecule has 1 unspecified atom stereocenters. The molecule has 0 saturated carbocycles. The molecule has 320 valence electrons. The molecule has 13 rings (SSSR count). The van der Waals surface area contributed by atoms with Crippen molar-refractivity contribution in [1.82, 2.24) is 0 Å². The molecule has 7 aromatic rings. The number of benzene rings is 6. The lowest BCUT2D eigenvalue weighted by Crippen LogP contribution is -2.20. The van der Waals surface area contributed by atoms with E-state index in [0.29, 0.717) is 5.92 Å². The van der Waals surface area contributed by atoms with Gasteiger partial charge in [-0.1, -0.05) is 140 Å². The van der Waals surface area contributed by atoms with Crippen molar-refractivity contribution in [1.29, 1.82) is 0 Å². The van der Waals surface area contributed by atoms with E-state index in [-0.39, 0.29) is 21.7 Å². The zero-order valence-electron chi connectivity index (χ0n) is 40.2. The minimum atomic E-state index is -0.162. The largest absolute Gasteiger partial charge is 0.460 e. The molecule has 0 aliphatic heterocycles. The zero-order chi connectivity index (χ0) is 45.0. The second-order valence-electron chi connectivity index (χ2n) is 22.6. The first-order chi connectivity index (χ1) is 30.9. The van der Waals surface area contributed by atoms with Gasteiger partial charge >= 0.3 is 0 Å². The van der Waals surface area contributed by atoms with Crippen molar-refractivity contribution in [3.63, 3.8) is 0 Å². The van der Waals surface area contributed by atoms with Gasteiger partial charge in [-0.3, -0.25) is 0 Å². The number of allylic oxidation sites excluding steroid dienone is 8. The Morgan fingerprint density at radius 1 is 0.508 bits per heavy atom. The van der Waals surface area contributed by atoms with Gasteiger partial charge < -0.3 is 4.42 Å². The number of aryl methyl sites for hydroxylation is 2. The standard InChI is InChI=1S/C64H58O/c1-33-25-55-58(43-19-15-13-17-39(33)43)47-31-51-45(29-53(47)63(55,9)10)41-23-21-37(27-49(41)61(51,5)6)57-35(3)60(65-36(57)4)38-22-24-42-46-30-54-48(32-52(46)62(7,8)50(42)28-38)59-44-20-16-14-18-40(44)34(2)26-56(59)64(54,11)12/h13-17,19-32,40H,18H2,1-12H3. The Morgan fingerprint density at radius 3 is 1.75 bits per heavy atom. The van der Waals surface area contributed by atoms with E-state index in [4.69, 9.17) is 4.42 Å². The van der Waals surface area contributed by atoms with Crippen molar-refractivity contribution >= 4 is 16.3 Å². The van der Waals surface area contributed by atoms with Crippen LogP contribution in [-0.2, 0) is 21.7 Å². The summed E-state index contributed by atoms with van der Waals surface area (Å²) in [7, 11) is 0. The summed E-state index contributed by atoms with van der Waals surface area (Å²) < 4.78 is 6.86. The second kappa shape index (κ2) is 12.4. The maximum atomic E-state index is 6.86. The van der Waals surface area contributed by atoms with Crippen LogP contribution >= 0.6 is 0 Å². The molecule has 1 nitrogen and oxygen atoms in total. The molecule has 1 heterocycles. The first kappa shape index (κ1) is 39.2. The molecule has 6 aliphatic carbocycles. The Kier molecular flexibility index (Phi) is 7.46. The summed E-state index contributed by atoms with van der Waals surface area (Å²) in [4.78, 5) is 0. The fourth-order valence-corrected chi connectivity index (χ4v) is 14.0. The lowest BCUT2D eigenvalue weighted by atomic mass is 9.72. The van der Waals surface area contributed by atoms with Crippen LogP contribution in [0.15, 0.2) is 136 Å². The third-order valence-electron chi connectivity index (χ3n) is 17.6. The van der Waals surface area contributed by atoms with E-state index in [1.807, 2.05) is 0 Å². The molecule has 1 atom stereocenters. The van der Waals surface area contributed by atoms with Crippen LogP contribution in [0.5, 0.6) is 0 Å². The first-order valence-corrected chi connectivity index (χ1v) is 24.0. The minimum Gasteiger partial charge on any atom is -0.460 e. The normalized spacial score (nSPS) is 20.0. The van der Waals surface area contributed by atoms with Gasteiger partial charge in [-0.2, -0.15) is 0 Å². The third kappa shape index (κ3) is 4.80. The van der Waals surface area contributed by atoms with Gasteiger partial charge in [0.05, 0.1) is 0 Å². The molecule has 0 bridgehead atoms. The van der Waals surface area contributed by atoms with Crippen molar-refractivity contribution < 1.29 is 4.42 Å². The highest BCUT2D eigenvalue weighted by molar-refractivity contribution is 6.05. The van der Waals surface area contributed by atoms with Gasteiger partial charge in [-0.05, 0) is 187 Å². The van der Waals surface area contributed by atoms with E-state index in [9.17, 15) is 0 Å². The molecular formula is C64H58O. The number of rotatable bonds is 2. The van der Waals surface area contributed by atoms with E-state index in [0.717, 1.165) is 23.5 Å². The molecule has 0 fully saturated rings. The van der Waals surface area contributed by atoms with Gasteiger partial charge in [-0.15, -0.1) is 0 Å². The summed E-state index contributed by atoms with van der Waals surface area (Å²) in [5, 5.41) is 2.72. The SMILES string of the molecule is CC1=CC2=C(C3=CC=CCC13)c1cc3c(cc1C2(C)C)-c1ccc(-c2oc(C)c(-c4ccc5c(c4)C(C)(C)c4cc6c(cc4-5)C(C)(C)c4cc(C)c5ccccc5c4-6)c2C)cc1C3(C)C. The number of fused-ring (bicyclic) bond motifs is 15. The summed E-state index contributed by atoms with van der Waals surface area (Å²) >= 11 is 0. The van der Waals surface area contributed by atoms with Crippen molar-refractivity contribution in [2.45, 2.75) is 111 Å². The van der Waals surface area contributed by atoms with Gasteiger partial charge in [0, 0.05) is 44.3 Å². The quantitative estimate of drug-likeness (QED) is 0.169. The topological polar surface area (TPSA) is 13.1 Å². The Balaban J connectivity index is 0.877. The molecule has 1 heteroatoms. The predicted octanol–water partition coefficient (Wildman–Crippen LogP) is 17.1. The first-order valence-electron chi connectivity index (χ1n) is 24.0. The van der Waals surface area contributed by atoms with E-state index in [2.05, 4.69) is 198 Å². The lowest BCUT2D eigenvalue weighted by molar-refractivity contribution is 0.548. The van der Waals surface area contributed by atoms with Crippen molar-refractivity contribution in [2.75, 3.05) is 0 Å². The molecule has 0 N–H and O–H groups in total. The summed E-state index contributed by atoms with van der Waals surface area (Å²) in [6.07, 6.45) is 10.6. The van der Waals surface area contributed by atoms with Gasteiger partial charge in [0.25, 0.3) is 0 Å². The molecule has 0 amide bonds. The van der Waals surface area contributed by atoms with Crippen LogP contribution in [0.1, 0.15) is 130 Å². The van der Waals surface area contributed by atoms with E-state index in [1.54, 1.807) is 0 Å². The summed E-state index contributed by atoms with van der Waals surface area (Å²) in [6.45, 7) is 28.4. The number of hydrogen-bond acceptors (Lipinski definition) is 1. The molecule has 0 spiro atoms. The van der Waals surface area contributed by atoms with Crippen LogP contribution in [0, 0.1) is 26.7 Å². The maximum absolute atomic E-state index is 6.86. The zero-order valence-corrected chi connectivity index (χ0v) is 40.2. The van der Waals surface area contributed by atoms with E-state index >= 15 is 0 Å². The molecule has 0 saturated heterocycles. The number of hydrogen-bond donors (Lipinski definition) is 0. The Bertz CT molecular complexity index is 3540. The molecular weight excluding hydrogens is 785 g/mol. The monoisotopic (exact) mass is 842 g/mol. The summed E-state index contributed by atoms with van der Waals surface area (Å²) in [6, 6.07) is 36.0. The Morgan fingerprint density at radius 2 is 1.06 bits per heavy atom. The molecule has 6 aromatic carbocycles. The third-order valence-corrected chi connectivity index (χ3v) is 17.6. The van der Waals surface area contributed by atoms with Crippen LogP contribution < -0.4 is 0 Å². The molecule has 65 heavy (non-hydrogen) atoms. The van der Waals surface area contributed by atoms with Gasteiger partial charge in [0.2, 0.25) is 0 Å². The molecule has 0 radical (unpaired) electrons. The van der Waals surface area contributed by atoms with Gasteiger partial charge in [-0.25, -0.2) is 0 Å². The molecule has 1 aromatic heterocycles. The fourth-order valence-electron chi connectivity index (χ4n) is 14.0. The fraction of sp³-hybridized carbons (Fsp3) is 0.281. The van der Waals surface area contributed by atoms with Gasteiger partial charge in [0.1, 0.15) is 11.5 Å². The Hall–Kier alpha value is -6.18. The van der Waals surface area contributed by atoms with Crippen LogP contribution in [0.4, 0.5) is 0 Å². The summed E-state index contributed by atoms with van der Waals surface area (Å²) in [5.74, 6) is 2.42. The van der Waals surface area contributed by atoms with Crippen molar-refractivity contribution in [3.8, 4) is 55.8 Å². The van der Waals surface area contributed by atoms with Crippen LogP contribution in [0.3, 0.4) is 0 Å². The average molecular weight is 843 g/mol. The average Bonchev–Trinajstić information content (AvgIpc) is 3.94. The minimum absolute atomic E-state index is 0.0622. The molecule has 6 aliphatic rings. The van der Waals surface area contributed by atoms with Gasteiger partial charge in [0.15, 0.2) is 0 Å². The lowest BCUT2D eigenvalue weighted by Gasteiger charge is -2.31. The van der Waals surface area contributed by atoms with E-state index < -0.39 is 0 Å². The van der Waals surface area contributed by atoms with Crippen LogP contribution in [-0.4, -0.2) is 0 Å². The number of furan rings is 1. The highest BCUT2D eigenvalue weighted by Gasteiger charge is 2.46. The predicted molar refractivity (Wildman–Crippen MR) is 273 cm³/mol.